The van der Waals surface area contributed by atoms with Crippen LogP contribution in [-0.2, 0) is 7.05 Å². The fourth-order valence-corrected chi connectivity index (χ4v) is 4.38. The molecule has 3 heteroatoms. The summed E-state index contributed by atoms with van der Waals surface area (Å²) in [5, 5.41) is 1.31. The molecule has 114 valence electrons. The van der Waals surface area contributed by atoms with Crippen LogP contribution in [0.15, 0.2) is 66.9 Å². The van der Waals surface area contributed by atoms with E-state index in [0.717, 1.165) is 6.54 Å². The molecule has 0 aliphatic carbocycles. The van der Waals surface area contributed by atoms with Gasteiger partial charge in [-0.05, 0) is 36.8 Å². The van der Waals surface area contributed by atoms with E-state index in [1.807, 2.05) is 11.3 Å². The van der Waals surface area contributed by atoms with E-state index in [1.165, 1.54) is 32.0 Å². The molecule has 0 N–H and O–H groups in total. The van der Waals surface area contributed by atoms with Gasteiger partial charge in [0.1, 0.15) is 11.7 Å². The molecule has 1 aliphatic heterocycles. The van der Waals surface area contributed by atoms with E-state index in [9.17, 15) is 0 Å². The van der Waals surface area contributed by atoms with Gasteiger partial charge >= 0.3 is 0 Å². The van der Waals surface area contributed by atoms with Crippen LogP contribution in [0.1, 0.15) is 5.56 Å². The van der Waals surface area contributed by atoms with E-state index in [0.29, 0.717) is 0 Å². The third-order valence-electron chi connectivity index (χ3n) is 4.40. The van der Waals surface area contributed by atoms with Crippen molar-refractivity contribution in [2.24, 2.45) is 7.05 Å². The predicted molar refractivity (Wildman–Crippen MR) is 98.8 cm³/mol. The second-order valence-electron chi connectivity index (χ2n) is 5.81. The maximum absolute atomic E-state index is 2.30. The molecule has 0 unspecified atom stereocenters. The van der Waals surface area contributed by atoms with Crippen molar-refractivity contribution in [2.75, 3.05) is 11.4 Å². The molecule has 23 heavy (non-hydrogen) atoms. The third kappa shape index (κ3) is 2.37. The number of anilines is 1. The lowest BCUT2D eigenvalue weighted by molar-refractivity contribution is -0.629. The summed E-state index contributed by atoms with van der Waals surface area (Å²) in [4.78, 5) is 2.30. The molecule has 0 radical (unpaired) electrons. The van der Waals surface area contributed by atoms with E-state index in [2.05, 4.69) is 90.3 Å². The van der Waals surface area contributed by atoms with Crippen LogP contribution >= 0.6 is 11.3 Å². The van der Waals surface area contributed by atoms with E-state index in [-0.39, 0.29) is 0 Å². The summed E-state index contributed by atoms with van der Waals surface area (Å²) in [6.07, 6.45) is 8.53. The standard InChI is InChI=1S/C20H19N2S/c1-15-16(9-8-11-17(15)22-13-6-3-7-14-22)20-21(2)18-10-4-5-12-19(18)23-20/h3-13H,14H2,1-2H3/q+1. The molecule has 0 fully saturated rings. The number of allylic oxidation sites excluding steroid dienone is 2. The molecule has 2 aromatic carbocycles. The van der Waals surface area contributed by atoms with Gasteiger partial charge in [-0.25, -0.2) is 0 Å². The van der Waals surface area contributed by atoms with Crippen LogP contribution in [0.25, 0.3) is 20.8 Å². The third-order valence-corrected chi connectivity index (χ3v) is 5.65. The molecule has 2 heterocycles. The first kappa shape index (κ1) is 14.2. The van der Waals surface area contributed by atoms with Gasteiger partial charge in [-0.2, -0.15) is 4.57 Å². The lowest BCUT2D eigenvalue weighted by atomic mass is 10.1. The monoisotopic (exact) mass is 319 g/mol. The van der Waals surface area contributed by atoms with Gasteiger partial charge in [0.15, 0.2) is 0 Å². The van der Waals surface area contributed by atoms with E-state index in [4.69, 9.17) is 0 Å². The van der Waals surface area contributed by atoms with Gasteiger partial charge < -0.3 is 4.90 Å². The van der Waals surface area contributed by atoms with Gasteiger partial charge in [-0.1, -0.05) is 41.7 Å². The first-order valence-corrected chi connectivity index (χ1v) is 8.65. The molecule has 4 rings (SSSR count). The van der Waals surface area contributed by atoms with Crippen LogP contribution in [0.5, 0.6) is 0 Å². The lowest BCUT2D eigenvalue weighted by Crippen LogP contribution is -2.28. The van der Waals surface area contributed by atoms with Gasteiger partial charge in [0.05, 0.1) is 5.56 Å². The Kier molecular flexibility index (Phi) is 3.50. The molecular weight excluding hydrogens is 300 g/mol. The number of benzene rings is 2. The first-order chi connectivity index (χ1) is 11.3. The van der Waals surface area contributed by atoms with Crippen LogP contribution in [0, 0.1) is 6.92 Å². The number of nitrogens with zero attached hydrogens (tertiary/aromatic N) is 2. The molecule has 2 nitrogen and oxygen atoms in total. The number of rotatable bonds is 2. The van der Waals surface area contributed by atoms with Gasteiger partial charge in [0.25, 0.3) is 5.01 Å². The highest BCUT2D eigenvalue weighted by molar-refractivity contribution is 7.21. The Labute approximate surface area is 140 Å². The zero-order valence-electron chi connectivity index (χ0n) is 13.4. The summed E-state index contributed by atoms with van der Waals surface area (Å²) in [6.45, 7) is 3.15. The Morgan fingerprint density at radius 3 is 2.70 bits per heavy atom. The van der Waals surface area contributed by atoms with Crippen molar-refractivity contribution in [3.63, 3.8) is 0 Å². The molecule has 3 aromatic rings. The van der Waals surface area contributed by atoms with Crippen molar-refractivity contribution in [1.82, 2.24) is 0 Å². The van der Waals surface area contributed by atoms with Crippen molar-refractivity contribution in [3.8, 4) is 10.6 Å². The molecule has 0 spiro atoms. The molecule has 1 aromatic heterocycles. The highest BCUT2D eigenvalue weighted by Gasteiger charge is 2.21. The summed E-state index contributed by atoms with van der Waals surface area (Å²) >= 11 is 1.86. The van der Waals surface area contributed by atoms with Crippen LogP contribution in [-0.4, -0.2) is 6.54 Å². The second-order valence-corrected chi connectivity index (χ2v) is 6.84. The average Bonchev–Trinajstić information content (AvgIpc) is 2.93. The average molecular weight is 319 g/mol. The Balaban J connectivity index is 1.87. The summed E-state index contributed by atoms with van der Waals surface area (Å²) in [7, 11) is 2.16. The maximum atomic E-state index is 2.30. The van der Waals surface area contributed by atoms with Crippen LogP contribution < -0.4 is 9.47 Å². The van der Waals surface area contributed by atoms with Gasteiger partial charge in [0.2, 0.25) is 5.52 Å². The molecular formula is C20H19N2S+. The predicted octanol–water partition coefficient (Wildman–Crippen LogP) is 4.59. The smallest absolute Gasteiger partial charge is 0.270 e. The largest absolute Gasteiger partial charge is 0.344 e. The summed E-state index contributed by atoms with van der Waals surface area (Å²) < 4.78 is 3.63. The molecule has 0 bridgehead atoms. The second kappa shape index (κ2) is 5.67. The highest BCUT2D eigenvalue weighted by atomic mass is 32.1. The molecule has 0 atom stereocenters. The summed E-state index contributed by atoms with van der Waals surface area (Å²) in [6, 6.07) is 15.2. The number of para-hydroxylation sites is 1. The number of fused-ring (bicyclic) bond motifs is 1. The highest BCUT2D eigenvalue weighted by Crippen LogP contribution is 2.34. The first-order valence-electron chi connectivity index (χ1n) is 7.83. The quantitative estimate of drug-likeness (QED) is 0.627. The Hall–Kier alpha value is -2.39. The van der Waals surface area contributed by atoms with Crippen molar-refractivity contribution < 1.29 is 4.57 Å². The van der Waals surface area contributed by atoms with E-state index < -0.39 is 0 Å². The van der Waals surface area contributed by atoms with Crippen LogP contribution in [0.4, 0.5) is 5.69 Å². The number of thiazole rings is 1. The fourth-order valence-electron chi connectivity index (χ4n) is 3.15. The van der Waals surface area contributed by atoms with Crippen molar-refractivity contribution in [2.45, 2.75) is 6.92 Å². The molecule has 0 amide bonds. The van der Waals surface area contributed by atoms with Crippen molar-refractivity contribution in [1.29, 1.82) is 0 Å². The van der Waals surface area contributed by atoms with Crippen molar-refractivity contribution in [3.05, 3.63) is 72.5 Å². The zero-order chi connectivity index (χ0) is 15.8. The van der Waals surface area contributed by atoms with Gasteiger partial charge in [0, 0.05) is 24.5 Å². The lowest BCUT2D eigenvalue weighted by Gasteiger charge is -2.23. The Morgan fingerprint density at radius 2 is 1.91 bits per heavy atom. The number of aromatic nitrogens is 1. The summed E-state index contributed by atoms with van der Waals surface area (Å²) in [5.74, 6) is 0. The minimum Gasteiger partial charge on any atom is -0.344 e. The molecule has 0 saturated heterocycles. The van der Waals surface area contributed by atoms with E-state index >= 15 is 0 Å². The van der Waals surface area contributed by atoms with Gasteiger partial charge in [-0.15, -0.1) is 0 Å². The molecule has 0 saturated carbocycles. The minimum atomic E-state index is 0.930. The summed E-state index contributed by atoms with van der Waals surface area (Å²) in [5.41, 5.74) is 5.21. The SMILES string of the molecule is Cc1c(-c2sc3ccccc3[n+]2C)cccc1N1C=CC=CC1. The number of hydrogen-bond acceptors (Lipinski definition) is 2. The Morgan fingerprint density at radius 1 is 1.04 bits per heavy atom. The van der Waals surface area contributed by atoms with Crippen LogP contribution in [0.3, 0.4) is 0 Å². The normalized spacial score (nSPS) is 13.9. The van der Waals surface area contributed by atoms with Gasteiger partial charge in [-0.3, -0.25) is 0 Å². The fraction of sp³-hybridized carbons (Fsp3) is 0.150. The number of hydrogen-bond donors (Lipinski definition) is 0. The zero-order valence-corrected chi connectivity index (χ0v) is 14.2. The topological polar surface area (TPSA) is 7.12 Å². The van der Waals surface area contributed by atoms with E-state index in [1.54, 1.807) is 0 Å². The van der Waals surface area contributed by atoms with Crippen LogP contribution in [0.2, 0.25) is 0 Å². The number of aryl methyl sites for hydroxylation is 1. The van der Waals surface area contributed by atoms with Crippen molar-refractivity contribution >= 4 is 27.2 Å². The molecule has 1 aliphatic rings. The minimum absolute atomic E-state index is 0.930. The maximum Gasteiger partial charge on any atom is 0.270 e. The Bertz CT molecular complexity index is 934.